The number of methoxy groups -OCH3 is 1. The summed E-state index contributed by atoms with van der Waals surface area (Å²) in [5.74, 6) is -1.10. The van der Waals surface area contributed by atoms with Gasteiger partial charge in [0.25, 0.3) is 0 Å². The van der Waals surface area contributed by atoms with Crippen LogP contribution < -0.4 is 5.32 Å². The maximum absolute atomic E-state index is 12.5. The summed E-state index contributed by atoms with van der Waals surface area (Å²) in [6.07, 6.45) is 1.84. The number of likely N-dealkylation sites (tertiary alicyclic amines) is 1. The molecule has 0 saturated carbocycles. The van der Waals surface area contributed by atoms with Crippen LogP contribution >= 0.6 is 11.3 Å². The third-order valence-electron chi connectivity index (χ3n) is 4.47. The van der Waals surface area contributed by atoms with Crippen LogP contribution in [0, 0.1) is 5.92 Å². The van der Waals surface area contributed by atoms with Gasteiger partial charge in [0.2, 0.25) is 11.8 Å². The number of carbonyl (C=O) groups is 3. The fraction of sp³-hybridized carbons (Fsp3) is 0.562. The van der Waals surface area contributed by atoms with Crippen LogP contribution in [0.1, 0.15) is 29.6 Å². The Balaban J connectivity index is 1.63. The number of thiophene rings is 1. The summed E-state index contributed by atoms with van der Waals surface area (Å²) in [5, 5.41) is 4.95. The van der Waals surface area contributed by atoms with Gasteiger partial charge in [-0.15, -0.1) is 11.3 Å². The third kappa shape index (κ3) is 3.44. The molecule has 2 aliphatic rings. The summed E-state index contributed by atoms with van der Waals surface area (Å²) < 4.78 is 10.0. The van der Waals surface area contributed by atoms with Gasteiger partial charge in [0.05, 0.1) is 18.6 Å². The maximum atomic E-state index is 12.5. The highest BCUT2D eigenvalue weighted by atomic mass is 32.1. The summed E-state index contributed by atoms with van der Waals surface area (Å²) in [5.41, 5.74) is 0.335. The van der Waals surface area contributed by atoms with E-state index in [9.17, 15) is 14.4 Å². The average molecular weight is 352 g/mol. The highest BCUT2D eigenvalue weighted by Crippen LogP contribution is 2.28. The molecule has 130 valence electrons. The van der Waals surface area contributed by atoms with Gasteiger partial charge in [-0.05, 0) is 24.3 Å². The maximum Gasteiger partial charge on any atom is 0.340 e. The van der Waals surface area contributed by atoms with E-state index in [1.54, 1.807) is 11.4 Å². The molecule has 0 aromatic carbocycles. The van der Waals surface area contributed by atoms with E-state index >= 15 is 0 Å². The summed E-state index contributed by atoms with van der Waals surface area (Å²) in [6.45, 7) is 1.74. The van der Waals surface area contributed by atoms with Gasteiger partial charge in [-0.2, -0.15) is 0 Å². The molecule has 2 aliphatic heterocycles. The number of carbonyl (C=O) groups excluding carboxylic acids is 3. The zero-order valence-electron chi connectivity index (χ0n) is 13.4. The smallest absolute Gasteiger partial charge is 0.340 e. The Morgan fingerprint density at radius 3 is 2.83 bits per heavy atom. The second kappa shape index (κ2) is 7.31. The Morgan fingerprint density at radius 1 is 1.38 bits per heavy atom. The Kier molecular flexibility index (Phi) is 5.15. The van der Waals surface area contributed by atoms with Crippen LogP contribution in [-0.4, -0.2) is 55.6 Å². The molecule has 0 aliphatic carbocycles. The van der Waals surface area contributed by atoms with Gasteiger partial charge < -0.3 is 19.7 Å². The van der Waals surface area contributed by atoms with Crippen molar-refractivity contribution in [2.45, 2.75) is 25.3 Å². The molecule has 3 rings (SSSR count). The molecule has 3 heterocycles. The Morgan fingerprint density at radius 2 is 2.12 bits per heavy atom. The molecule has 0 bridgehead atoms. The second-order valence-electron chi connectivity index (χ2n) is 5.93. The standard InChI is InChI=1S/C16H20N2O5S/c1-22-16(21)12-4-7-24-15(12)17-14(20)10-8-13(19)18(9-10)11-2-5-23-6-3-11/h4,7,10-11H,2-3,5-6,8-9H2,1H3,(H,17,20). The van der Waals surface area contributed by atoms with Crippen molar-refractivity contribution in [1.82, 2.24) is 4.90 Å². The number of hydrogen-bond donors (Lipinski definition) is 1. The lowest BCUT2D eigenvalue weighted by Crippen LogP contribution is -2.41. The topological polar surface area (TPSA) is 84.9 Å². The SMILES string of the molecule is COC(=O)c1ccsc1NC(=O)C1CC(=O)N(C2CCOCC2)C1. The van der Waals surface area contributed by atoms with E-state index in [-0.39, 0.29) is 24.3 Å². The first-order valence-electron chi connectivity index (χ1n) is 7.94. The summed E-state index contributed by atoms with van der Waals surface area (Å²) >= 11 is 1.26. The Labute approximate surface area is 143 Å². The van der Waals surface area contributed by atoms with E-state index in [2.05, 4.69) is 5.32 Å². The van der Waals surface area contributed by atoms with Gasteiger partial charge in [-0.1, -0.05) is 0 Å². The van der Waals surface area contributed by atoms with Gasteiger partial charge in [0.1, 0.15) is 5.00 Å². The number of nitrogens with zero attached hydrogens (tertiary/aromatic N) is 1. The molecule has 8 heteroatoms. The normalized spacial score (nSPS) is 21.8. The molecule has 0 spiro atoms. The molecule has 0 radical (unpaired) electrons. The first-order chi connectivity index (χ1) is 11.6. The Hall–Kier alpha value is -1.93. The van der Waals surface area contributed by atoms with Crippen molar-refractivity contribution in [2.24, 2.45) is 5.92 Å². The van der Waals surface area contributed by atoms with Gasteiger partial charge in [0.15, 0.2) is 0 Å². The van der Waals surface area contributed by atoms with Crippen molar-refractivity contribution in [2.75, 3.05) is 32.2 Å². The number of nitrogens with one attached hydrogen (secondary N) is 1. The lowest BCUT2D eigenvalue weighted by atomic mass is 10.1. The number of ether oxygens (including phenoxy) is 2. The van der Waals surface area contributed by atoms with Crippen LogP contribution in [0.2, 0.25) is 0 Å². The van der Waals surface area contributed by atoms with Crippen molar-refractivity contribution >= 4 is 34.1 Å². The predicted molar refractivity (Wildman–Crippen MR) is 87.9 cm³/mol. The van der Waals surface area contributed by atoms with Crippen LogP contribution in [0.3, 0.4) is 0 Å². The number of anilines is 1. The number of hydrogen-bond acceptors (Lipinski definition) is 6. The summed E-state index contributed by atoms with van der Waals surface area (Å²) in [6, 6.07) is 1.77. The van der Waals surface area contributed by atoms with E-state index in [0.29, 0.717) is 30.3 Å². The largest absolute Gasteiger partial charge is 0.465 e. The van der Waals surface area contributed by atoms with Crippen molar-refractivity contribution in [1.29, 1.82) is 0 Å². The second-order valence-corrected chi connectivity index (χ2v) is 6.85. The van der Waals surface area contributed by atoms with Gasteiger partial charge in [-0.25, -0.2) is 4.79 Å². The monoisotopic (exact) mass is 352 g/mol. The van der Waals surface area contributed by atoms with Crippen LogP contribution in [0.15, 0.2) is 11.4 Å². The molecule has 1 unspecified atom stereocenters. The van der Waals surface area contributed by atoms with E-state index < -0.39 is 11.9 Å². The minimum absolute atomic E-state index is 0.0152. The van der Waals surface area contributed by atoms with Crippen LogP contribution in [0.5, 0.6) is 0 Å². The quantitative estimate of drug-likeness (QED) is 0.830. The van der Waals surface area contributed by atoms with Crippen molar-refractivity contribution in [3.8, 4) is 0 Å². The van der Waals surface area contributed by atoms with Crippen LogP contribution in [0.4, 0.5) is 5.00 Å². The molecule has 2 saturated heterocycles. The van der Waals surface area contributed by atoms with Gasteiger partial charge in [0, 0.05) is 32.2 Å². The fourth-order valence-corrected chi connectivity index (χ4v) is 3.93. The van der Waals surface area contributed by atoms with E-state index in [0.717, 1.165) is 12.8 Å². The molecule has 1 N–H and O–H groups in total. The lowest BCUT2D eigenvalue weighted by Gasteiger charge is -2.31. The minimum Gasteiger partial charge on any atom is -0.465 e. The summed E-state index contributed by atoms with van der Waals surface area (Å²) in [4.78, 5) is 38.2. The van der Waals surface area contributed by atoms with E-state index in [1.807, 2.05) is 4.90 Å². The van der Waals surface area contributed by atoms with Crippen molar-refractivity contribution < 1.29 is 23.9 Å². The molecule has 2 amide bonds. The van der Waals surface area contributed by atoms with Crippen molar-refractivity contribution in [3.63, 3.8) is 0 Å². The molecular weight excluding hydrogens is 332 g/mol. The molecule has 1 atom stereocenters. The molecule has 1 aromatic heterocycles. The summed E-state index contributed by atoms with van der Waals surface area (Å²) in [7, 11) is 1.30. The highest BCUT2D eigenvalue weighted by molar-refractivity contribution is 7.14. The first kappa shape index (κ1) is 16.9. The molecule has 24 heavy (non-hydrogen) atoms. The first-order valence-corrected chi connectivity index (χ1v) is 8.82. The predicted octanol–water partition coefficient (Wildman–Crippen LogP) is 1.50. The van der Waals surface area contributed by atoms with Crippen LogP contribution in [-0.2, 0) is 19.1 Å². The highest BCUT2D eigenvalue weighted by Gasteiger charge is 2.38. The third-order valence-corrected chi connectivity index (χ3v) is 5.30. The molecule has 1 aromatic rings. The zero-order chi connectivity index (χ0) is 17.1. The number of rotatable bonds is 4. The van der Waals surface area contributed by atoms with Crippen molar-refractivity contribution in [3.05, 3.63) is 17.0 Å². The van der Waals surface area contributed by atoms with E-state index in [1.165, 1.54) is 18.4 Å². The number of amides is 2. The van der Waals surface area contributed by atoms with Crippen LogP contribution in [0.25, 0.3) is 0 Å². The lowest BCUT2D eigenvalue weighted by molar-refractivity contribution is -0.131. The van der Waals surface area contributed by atoms with Gasteiger partial charge >= 0.3 is 5.97 Å². The van der Waals surface area contributed by atoms with E-state index in [4.69, 9.17) is 9.47 Å². The number of esters is 1. The minimum atomic E-state index is -0.488. The Bertz CT molecular complexity index is 638. The molecule has 7 nitrogen and oxygen atoms in total. The average Bonchev–Trinajstić information content (AvgIpc) is 3.21. The fourth-order valence-electron chi connectivity index (χ4n) is 3.15. The van der Waals surface area contributed by atoms with Gasteiger partial charge in [-0.3, -0.25) is 9.59 Å². The molecule has 2 fully saturated rings. The zero-order valence-corrected chi connectivity index (χ0v) is 14.3. The molecular formula is C16H20N2O5S.